The number of hydrogen-bond donors (Lipinski definition) is 0. The van der Waals surface area contributed by atoms with Crippen molar-refractivity contribution in [3.63, 3.8) is 0 Å². The predicted octanol–water partition coefficient (Wildman–Crippen LogP) is 3.71. The molecule has 3 rings (SSSR count). The number of likely N-dealkylation sites (tertiary alicyclic amines) is 1. The SMILES string of the molecule is CC(=O)N1CCC[C@@H](c2ccc(Cc3ccc(C)cc3)cn2)C1. The van der Waals surface area contributed by atoms with E-state index in [0.29, 0.717) is 5.92 Å². The normalized spacial score (nSPS) is 18.0. The minimum absolute atomic E-state index is 0.172. The average molecular weight is 308 g/mol. The van der Waals surface area contributed by atoms with Gasteiger partial charge < -0.3 is 4.90 Å². The summed E-state index contributed by atoms with van der Waals surface area (Å²) in [4.78, 5) is 18.2. The minimum atomic E-state index is 0.172. The highest BCUT2D eigenvalue weighted by atomic mass is 16.2. The molecule has 120 valence electrons. The van der Waals surface area contributed by atoms with Gasteiger partial charge in [0, 0.05) is 37.8 Å². The molecule has 1 aromatic heterocycles. The Morgan fingerprint density at radius 2 is 1.91 bits per heavy atom. The first-order valence-corrected chi connectivity index (χ1v) is 8.37. The standard InChI is InChI=1S/C20H24N2O/c1-15-5-7-17(8-6-15)12-18-9-10-20(21-13-18)19-4-3-11-22(14-19)16(2)23/h5-10,13,19H,3-4,11-12,14H2,1-2H3/t19-/m1/s1. The van der Waals surface area contributed by atoms with Crippen molar-refractivity contribution < 1.29 is 4.79 Å². The molecule has 0 saturated carbocycles. The third-order valence-electron chi connectivity index (χ3n) is 4.66. The fourth-order valence-corrected chi connectivity index (χ4v) is 3.23. The zero-order valence-corrected chi connectivity index (χ0v) is 14.0. The Labute approximate surface area is 138 Å². The fraction of sp³-hybridized carbons (Fsp3) is 0.400. The highest BCUT2D eigenvalue weighted by Gasteiger charge is 2.23. The molecule has 1 saturated heterocycles. The average Bonchev–Trinajstić information content (AvgIpc) is 2.58. The van der Waals surface area contributed by atoms with Crippen LogP contribution in [-0.2, 0) is 11.2 Å². The molecule has 0 bridgehead atoms. The molecule has 0 aliphatic carbocycles. The van der Waals surface area contributed by atoms with Gasteiger partial charge in [0.05, 0.1) is 0 Å². The molecule has 0 radical (unpaired) electrons. The largest absolute Gasteiger partial charge is 0.342 e. The Hall–Kier alpha value is -2.16. The molecule has 0 N–H and O–H groups in total. The molecule has 1 atom stereocenters. The van der Waals surface area contributed by atoms with E-state index in [1.165, 1.54) is 16.7 Å². The second-order valence-corrected chi connectivity index (χ2v) is 6.56. The number of hydrogen-bond acceptors (Lipinski definition) is 2. The van der Waals surface area contributed by atoms with E-state index in [1.54, 1.807) is 6.92 Å². The summed E-state index contributed by atoms with van der Waals surface area (Å²) < 4.78 is 0. The summed E-state index contributed by atoms with van der Waals surface area (Å²) in [5.41, 5.74) is 4.94. The third-order valence-corrected chi connectivity index (χ3v) is 4.66. The van der Waals surface area contributed by atoms with E-state index in [-0.39, 0.29) is 5.91 Å². The molecule has 2 heterocycles. The van der Waals surface area contributed by atoms with Crippen molar-refractivity contribution in [2.75, 3.05) is 13.1 Å². The molecule has 1 fully saturated rings. The van der Waals surface area contributed by atoms with Crippen molar-refractivity contribution in [2.24, 2.45) is 0 Å². The van der Waals surface area contributed by atoms with Crippen LogP contribution in [0, 0.1) is 6.92 Å². The fourth-order valence-electron chi connectivity index (χ4n) is 3.23. The molecule has 1 amide bonds. The Morgan fingerprint density at radius 3 is 2.57 bits per heavy atom. The molecule has 1 aliphatic rings. The van der Waals surface area contributed by atoms with Crippen LogP contribution in [0.3, 0.4) is 0 Å². The molecule has 1 aliphatic heterocycles. The molecule has 0 unspecified atom stereocenters. The van der Waals surface area contributed by atoms with Crippen LogP contribution >= 0.6 is 0 Å². The van der Waals surface area contributed by atoms with Crippen LogP contribution in [0.1, 0.15) is 48.1 Å². The topological polar surface area (TPSA) is 33.2 Å². The minimum Gasteiger partial charge on any atom is -0.342 e. The van der Waals surface area contributed by atoms with Crippen molar-refractivity contribution in [3.8, 4) is 0 Å². The Morgan fingerprint density at radius 1 is 1.17 bits per heavy atom. The lowest BCUT2D eigenvalue weighted by molar-refractivity contribution is -0.130. The van der Waals surface area contributed by atoms with E-state index in [2.05, 4.69) is 48.3 Å². The number of piperidine rings is 1. The summed E-state index contributed by atoms with van der Waals surface area (Å²) >= 11 is 0. The number of aryl methyl sites for hydroxylation is 1. The van der Waals surface area contributed by atoms with E-state index in [9.17, 15) is 4.79 Å². The quantitative estimate of drug-likeness (QED) is 0.866. The van der Waals surface area contributed by atoms with Crippen LogP contribution in [-0.4, -0.2) is 28.9 Å². The van der Waals surface area contributed by atoms with Gasteiger partial charge in [-0.2, -0.15) is 0 Å². The van der Waals surface area contributed by atoms with Gasteiger partial charge >= 0.3 is 0 Å². The van der Waals surface area contributed by atoms with Gasteiger partial charge in [0.2, 0.25) is 5.91 Å². The smallest absolute Gasteiger partial charge is 0.219 e. The van der Waals surface area contributed by atoms with Crippen molar-refractivity contribution in [2.45, 2.75) is 39.0 Å². The van der Waals surface area contributed by atoms with E-state index < -0.39 is 0 Å². The number of benzene rings is 1. The number of amides is 1. The Kier molecular flexibility index (Phi) is 4.75. The van der Waals surface area contributed by atoms with Crippen molar-refractivity contribution in [1.29, 1.82) is 0 Å². The van der Waals surface area contributed by atoms with E-state index >= 15 is 0 Å². The van der Waals surface area contributed by atoms with Crippen molar-refractivity contribution in [3.05, 3.63) is 65.0 Å². The third kappa shape index (κ3) is 3.98. The molecule has 3 nitrogen and oxygen atoms in total. The first-order valence-electron chi connectivity index (χ1n) is 8.37. The van der Waals surface area contributed by atoms with Crippen molar-refractivity contribution >= 4 is 5.91 Å². The molecule has 2 aromatic rings. The van der Waals surface area contributed by atoms with Crippen molar-refractivity contribution in [1.82, 2.24) is 9.88 Å². The van der Waals surface area contributed by atoms with Crippen LogP contribution in [0.2, 0.25) is 0 Å². The zero-order chi connectivity index (χ0) is 16.2. The highest BCUT2D eigenvalue weighted by molar-refractivity contribution is 5.73. The summed E-state index contributed by atoms with van der Waals surface area (Å²) in [7, 11) is 0. The second kappa shape index (κ2) is 6.95. The maximum absolute atomic E-state index is 11.6. The van der Waals surface area contributed by atoms with Crippen LogP contribution in [0.4, 0.5) is 0 Å². The number of nitrogens with zero attached hydrogens (tertiary/aromatic N) is 2. The van der Waals surface area contributed by atoms with E-state index in [1.807, 2.05) is 11.1 Å². The molecule has 3 heteroatoms. The van der Waals surface area contributed by atoms with Crippen LogP contribution in [0.25, 0.3) is 0 Å². The van der Waals surface area contributed by atoms with Crippen LogP contribution < -0.4 is 0 Å². The molecule has 1 aromatic carbocycles. The predicted molar refractivity (Wildman–Crippen MR) is 92.5 cm³/mol. The number of aromatic nitrogens is 1. The first kappa shape index (κ1) is 15.7. The maximum Gasteiger partial charge on any atom is 0.219 e. The monoisotopic (exact) mass is 308 g/mol. The summed E-state index contributed by atoms with van der Waals surface area (Å²) in [6, 6.07) is 13.0. The lowest BCUT2D eigenvalue weighted by Crippen LogP contribution is -2.37. The number of carbonyl (C=O) groups is 1. The lowest BCUT2D eigenvalue weighted by Gasteiger charge is -2.31. The Bertz CT molecular complexity index is 661. The summed E-state index contributed by atoms with van der Waals surface area (Å²) in [6.07, 6.45) is 5.09. The highest BCUT2D eigenvalue weighted by Crippen LogP contribution is 2.25. The molecular weight excluding hydrogens is 284 g/mol. The van der Waals surface area contributed by atoms with Gasteiger partial charge in [-0.15, -0.1) is 0 Å². The van der Waals surface area contributed by atoms with Gasteiger partial charge in [-0.1, -0.05) is 35.9 Å². The molecule has 23 heavy (non-hydrogen) atoms. The van der Waals surface area contributed by atoms with Gasteiger partial charge in [-0.05, 0) is 43.4 Å². The van der Waals surface area contributed by atoms with Crippen LogP contribution in [0.5, 0.6) is 0 Å². The van der Waals surface area contributed by atoms with Gasteiger partial charge in [0.15, 0.2) is 0 Å². The lowest BCUT2D eigenvalue weighted by atomic mass is 9.93. The van der Waals surface area contributed by atoms with Gasteiger partial charge in [0.25, 0.3) is 0 Å². The Balaban J connectivity index is 1.67. The maximum atomic E-state index is 11.6. The number of carbonyl (C=O) groups excluding carboxylic acids is 1. The van der Waals surface area contributed by atoms with E-state index in [4.69, 9.17) is 0 Å². The second-order valence-electron chi connectivity index (χ2n) is 6.56. The summed E-state index contributed by atoms with van der Waals surface area (Å²) in [5, 5.41) is 0. The summed E-state index contributed by atoms with van der Waals surface area (Å²) in [6.45, 7) is 5.45. The van der Waals surface area contributed by atoms with Gasteiger partial charge in [-0.25, -0.2) is 0 Å². The summed E-state index contributed by atoms with van der Waals surface area (Å²) in [5.74, 6) is 0.548. The van der Waals surface area contributed by atoms with Gasteiger partial charge in [-0.3, -0.25) is 9.78 Å². The zero-order valence-electron chi connectivity index (χ0n) is 14.0. The molecule has 0 spiro atoms. The molecular formula is C20H24N2O. The van der Waals surface area contributed by atoms with Gasteiger partial charge in [0.1, 0.15) is 0 Å². The van der Waals surface area contributed by atoms with E-state index in [0.717, 1.165) is 38.0 Å². The first-order chi connectivity index (χ1) is 11.1. The number of pyridine rings is 1. The van der Waals surface area contributed by atoms with Crippen LogP contribution in [0.15, 0.2) is 42.6 Å². The number of rotatable bonds is 3.